The van der Waals surface area contributed by atoms with E-state index in [1.807, 2.05) is 20.8 Å². The van der Waals surface area contributed by atoms with Crippen LogP contribution in [0.2, 0.25) is 5.02 Å². The molecular weight excluding hydrogens is 328 g/mol. The van der Waals surface area contributed by atoms with Crippen molar-refractivity contribution in [3.05, 3.63) is 28.8 Å². The lowest BCUT2D eigenvalue weighted by Crippen LogP contribution is -2.40. The molecule has 0 aromatic heterocycles. The number of nitrogens with zero attached hydrogens (tertiary/aromatic N) is 1. The first-order valence-corrected chi connectivity index (χ1v) is 8.68. The zero-order valence-corrected chi connectivity index (χ0v) is 14.1. The molecule has 1 aliphatic heterocycles. The zero-order valence-electron chi connectivity index (χ0n) is 12.5. The van der Waals surface area contributed by atoms with Crippen molar-refractivity contribution in [3.63, 3.8) is 0 Å². The van der Waals surface area contributed by atoms with E-state index in [-0.39, 0.29) is 34.4 Å². The van der Waals surface area contributed by atoms with Crippen molar-refractivity contribution in [1.29, 1.82) is 0 Å². The SMILES string of the molecule is CC(C)(C)NC(=O)c1ccc(Cl)c(N2C(=O)CCS2(=O)=O)c1. The van der Waals surface area contributed by atoms with Crippen molar-refractivity contribution in [2.75, 3.05) is 10.1 Å². The molecule has 0 spiro atoms. The van der Waals surface area contributed by atoms with Gasteiger partial charge in [0.2, 0.25) is 15.9 Å². The smallest absolute Gasteiger partial charge is 0.251 e. The molecule has 0 unspecified atom stereocenters. The van der Waals surface area contributed by atoms with Crippen LogP contribution >= 0.6 is 11.6 Å². The van der Waals surface area contributed by atoms with Crippen LogP contribution < -0.4 is 9.62 Å². The second-order valence-electron chi connectivity index (χ2n) is 6.09. The third-order valence-corrected chi connectivity index (χ3v) is 4.99. The predicted molar refractivity (Wildman–Crippen MR) is 84.6 cm³/mol. The molecule has 0 bridgehead atoms. The fourth-order valence-electron chi connectivity index (χ4n) is 2.07. The third kappa shape index (κ3) is 3.41. The Morgan fingerprint density at radius 1 is 1.32 bits per heavy atom. The Morgan fingerprint density at radius 2 is 1.95 bits per heavy atom. The van der Waals surface area contributed by atoms with Gasteiger partial charge < -0.3 is 5.32 Å². The summed E-state index contributed by atoms with van der Waals surface area (Å²) >= 11 is 6.02. The molecule has 0 atom stereocenters. The Bertz CT molecular complexity index is 738. The number of nitrogens with one attached hydrogen (secondary N) is 1. The fourth-order valence-corrected chi connectivity index (χ4v) is 3.79. The lowest BCUT2D eigenvalue weighted by atomic mass is 10.1. The van der Waals surface area contributed by atoms with Crippen LogP contribution in [-0.2, 0) is 14.8 Å². The molecule has 2 rings (SSSR count). The van der Waals surface area contributed by atoms with E-state index in [0.29, 0.717) is 4.31 Å². The highest BCUT2D eigenvalue weighted by atomic mass is 35.5. The lowest BCUT2D eigenvalue weighted by Gasteiger charge is -2.22. The van der Waals surface area contributed by atoms with Crippen molar-refractivity contribution < 1.29 is 18.0 Å². The van der Waals surface area contributed by atoms with Gasteiger partial charge in [-0.3, -0.25) is 9.59 Å². The summed E-state index contributed by atoms with van der Waals surface area (Å²) in [6, 6.07) is 4.22. The van der Waals surface area contributed by atoms with E-state index in [4.69, 9.17) is 11.6 Å². The highest BCUT2D eigenvalue weighted by Crippen LogP contribution is 2.32. The largest absolute Gasteiger partial charge is 0.347 e. The first-order chi connectivity index (χ1) is 10.0. The molecule has 1 fully saturated rings. The number of sulfonamides is 1. The van der Waals surface area contributed by atoms with Gasteiger partial charge in [-0.15, -0.1) is 0 Å². The molecule has 6 nitrogen and oxygen atoms in total. The Balaban J connectivity index is 2.44. The summed E-state index contributed by atoms with van der Waals surface area (Å²) in [5.74, 6) is -1.16. The van der Waals surface area contributed by atoms with Crippen LogP contribution in [-0.4, -0.2) is 31.5 Å². The van der Waals surface area contributed by atoms with Gasteiger partial charge in [-0.05, 0) is 39.0 Å². The highest BCUT2D eigenvalue weighted by molar-refractivity contribution is 7.94. The number of anilines is 1. The molecule has 120 valence electrons. The maximum atomic E-state index is 12.2. The van der Waals surface area contributed by atoms with E-state index in [0.717, 1.165) is 0 Å². The zero-order chi connectivity index (χ0) is 16.7. The number of hydrogen-bond donors (Lipinski definition) is 1. The van der Waals surface area contributed by atoms with Crippen LogP contribution in [0.25, 0.3) is 0 Å². The van der Waals surface area contributed by atoms with E-state index in [1.165, 1.54) is 18.2 Å². The molecule has 1 N–H and O–H groups in total. The average molecular weight is 345 g/mol. The van der Waals surface area contributed by atoms with Crippen LogP contribution in [0.5, 0.6) is 0 Å². The highest BCUT2D eigenvalue weighted by Gasteiger charge is 2.37. The van der Waals surface area contributed by atoms with Gasteiger partial charge >= 0.3 is 0 Å². The van der Waals surface area contributed by atoms with Crippen LogP contribution in [0.15, 0.2) is 18.2 Å². The van der Waals surface area contributed by atoms with E-state index in [1.54, 1.807) is 0 Å². The average Bonchev–Trinajstić information content (AvgIpc) is 2.62. The van der Waals surface area contributed by atoms with Crippen LogP contribution in [0.4, 0.5) is 5.69 Å². The molecule has 1 aromatic carbocycles. The molecule has 0 aliphatic carbocycles. The summed E-state index contributed by atoms with van der Waals surface area (Å²) in [5.41, 5.74) is -0.179. The first-order valence-electron chi connectivity index (χ1n) is 6.69. The van der Waals surface area contributed by atoms with Crippen LogP contribution in [0.1, 0.15) is 37.6 Å². The van der Waals surface area contributed by atoms with E-state index in [2.05, 4.69) is 5.32 Å². The standard InChI is InChI=1S/C14H17ClN2O4S/c1-14(2,3)16-13(19)9-4-5-10(15)11(8-9)17-12(18)6-7-22(17,20)21/h4-5,8H,6-7H2,1-3H3,(H,16,19). The summed E-state index contributed by atoms with van der Waals surface area (Å²) < 4.78 is 24.6. The molecule has 1 aliphatic rings. The van der Waals surface area contributed by atoms with Gasteiger partial charge in [0, 0.05) is 17.5 Å². The molecule has 1 aromatic rings. The molecule has 1 heterocycles. The number of carbonyl (C=O) groups is 2. The number of amides is 2. The normalized spacial score (nSPS) is 17.6. The summed E-state index contributed by atoms with van der Waals surface area (Å²) in [6.45, 7) is 5.49. The van der Waals surface area contributed by atoms with E-state index < -0.39 is 21.5 Å². The number of carbonyl (C=O) groups excluding carboxylic acids is 2. The molecule has 2 amide bonds. The van der Waals surface area contributed by atoms with E-state index in [9.17, 15) is 18.0 Å². The summed E-state index contributed by atoms with van der Waals surface area (Å²) in [7, 11) is -3.72. The summed E-state index contributed by atoms with van der Waals surface area (Å²) in [5, 5.41) is 2.87. The maximum Gasteiger partial charge on any atom is 0.251 e. The van der Waals surface area contributed by atoms with Crippen molar-refractivity contribution in [1.82, 2.24) is 5.32 Å². The van der Waals surface area contributed by atoms with Gasteiger partial charge in [-0.25, -0.2) is 12.7 Å². The van der Waals surface area contributed by atoms with Crippen LogP contribution in [0.3, 0.4) is 0 Å². The minimum absolute atomic E-state index is 0.0192. The minimum atomic E-state index is -3.72. The number of rotatable bonds is 2. The van der Waals surface area contributed by atoms with Gasteiger partial charge in [0.15, 0.2) is 0 Å². The van der Waals surface area contributed by atoms with Crippen molar-refractivity contribution in [3.8, 4) is 0 Å². The molecule has 1 saturated heterocycles. The fraction of sp³-hybridized carbons (Fsp3) is 0.429. The van der Waals surface area contributed by atoms with Crippen molar-refractivity contribution in [2.24, 2.45) is 0 Å². The van der Waals surface area contributed by atoms with Gasteiger partial charge in [0.05, 0.1) is 16.5 Å². The van der Waals surface area contributed by atoms with Gasteiger partial charge in [-0.2, -0.15) is 0 Å². The maximum absolute atomic E-state index is 12.2. The molecule has 0 saturated carbocycles. The minimum Gasteiger partial charge on any atom is -0.347 e. The number of halogens is 1. The second-order valence-corrected chi connectivity index (χ2v) is 8.44. The molecule has 0 radical (unpaired) electrons. The van der Waals surface area contributed by atoms with Gasteiger partial charge in [0.1, 0.15) is 0 Å². The number of hydrogen-bond acceptors (Lipinski definition) is 4. The van der Waals surface area contributed by atoms with Gasteiger partial charge in [-0.1, -0.05) is 11.6 Å². The Hall–Kier alpha value is -1.60. The van der Waals surface area contributed by atoms with E-state index >= 15 is 0 Å². The molecule has 22 heavy (non-hydrogen) atoms. The summed E-state index contributed by atoms with van der Waals surface area (Å²) in [4.78, 5) is 24.0. The quantitative estimate of drug-likeness (QED) is 0.888. The summed E-state index contributed by atoms with van der Waals surface area (Å²) in [6.07, 6.45) is -0.0862. The third-order valence-electron chi connectivity index (χ3n) is 2.99. The number of benzene rings is 1. The monoisotopic (exact) mass is 344 g/mol. The van der Waals surface area contributed by atoms with Gasteiger partial charge in [0.25, 0.3) is 5.91 Å². The Morgan fingerprint density at radius 3 is 2.45 bits per heavy atom. The van der Waals surface area contributed by atoms with Crippen molar-refractivity contribution in [2.45, 2.75) is 32.7 Å². The van der Waals surface area contributed by atoms with Crippen molar-refractivity contribution >= 4 is 39.1 Å². The second kappa shape index (κ2) is 5.55. The Labute approximate surface area is 134 Å². The Kier molecular flexibility index (Phi) is 4.23. The molecule has 8 heteroatoms. The lowest BCUT2D eigenvalue weighted by molar-refractivity contribution is -0.116. The molecular formula is C14H17ClN2O4S. The first kappa shape index (κ1) is 16.8. The topological polar surface area (TPSA) is 83.6 Å². The predicted octanol–water partition coefficient (Wildman–Crippen LogP) is 1.93. The van der Waals surface area contributed by atoms with Crippen LogP contribution in [0, 0.1) is 0 Å².